The number of halogens is 2. The Balaban J connectivity index is 1.71. The number of anilines is 1. The molecule has 0 spiro atoms. The van der Waals surface area contributed by atoms with E-state index in [-0.39, 0.29) is 23.0 Å². The summed E-state index contributed by atoms with van der Waals surface area (Å²) >= 11 is 0. The quantitative estimate of drug-likeness (QED) is 0.895. The standard InChI is InChI=1S/C16H18F2N2O4/c17-12-8(16-22-5-6-23-16)7-9-14(13(12)18)24-20-15(9)19-10-3-1-2-4-11(10)21/h7,10-11,16,21H,1-6H2,(H,19,20)/t10?,11-/m1/s1. The highest BCUT2D eigenvalue weighted by Crippen LogP contribution is 2.35. The van der Waals surface area contributed by atoms with E-state index in [4.69, 9.17) is 14.0 Å². The fourth-order valence-electron chi connectivity index (χ4n) is 3.30. The Morgan fingerprint density at radius 3 is 2.62 bits per heavy atom. The van der Waals surface area contributed by atoms with Crippen molar-refractivity contribution in [2.24, 2.45) is 0 Å². The maximum atomic E-state index is 14.3. The molecule has 2 aromatic rings. The number of hydrogen-bond acceptors (Lipinski definition) is 6. The molecule has 2 aliphatic rings. The second-order valence-corrected chi connectivity index (χ2v) is 6.18. The van der Waals surface area contributed by atoms with Crippen LogP contribution in [0.15, 0.2) is 10.6 Å². The number of fused-ring (bicyclic) bond motifs is 1. The second kappa shape index (κ2) is 6.27. The smallest absolute Gasteiger partial charge is 0.207 e. The van der Waals surface area contributed by atoms with Crippen LogP contribution >= 0.6 is 0 Å². The topological polar surface area (TPSA) is 76.8 Å². The first-order valence-corrected chi connectivity index (χ1v) is 8.10. The Morgan fingerprint density at radius 2 is 1.88 bits per heavy atom. The number of aromatic nitrogens is 1. The van der Waals surface area contributed by atoms with Crippen LogP contribution < -0.4 is 5.32 Å². The molecule has 1 unspecified atom stereocenters. The van der Waals surface area contributed by atoms with Crippen molar-refractivity contribution >= 4 is 16.8 Å². The van der Waals surface area contributed by atoms with Gasteiger partial charge in [0.2, 0.25) is 11.4 Å². The lowest BCUT2D eigenvalue weighted by Crippen LogP contribution is -2.36. The van der Waals surface area contributed by atoms with Crippen LogP contribution in [0.5, 0.6) is 0 Å². The minimum Gasteiger partial charge on any atom is -0.391 e. The van der Waals surface area contributed by atoms with E-state index < -0.39 is 24.0 Å². The molecule has 6 nitrogen and oxygen atoms in total. The first-order valence-electron chi connectivity index (χ1n) is 8.10. The highest BCUT2D eigenvalue weighted by molar-refractivity contribution is 5.89. The predicted molar refractivity (Wildman–Crippen MR) is 80.5 cm³/mol. The monoisotopic (exact) mass is 340 g/mol. The molecular weight excluding hydrogens is 322 g/mol. The Labute approximate surface area is 136 Å². The summed E-state index contributed by atoms with van der Waals surface area (Å²) in [6.07, 6.45) is 2.00. The summed E-state index contributed by atoms with van der Waals surface area (Å²) in [6.45, 7) is 0.652. The molecule has 0 amide bonds. The van der Waals surface area contributed by atoms with Gasteiger partial charge in [-0.15, -0.1) is 0 Å². The number of nitrogens with one attached hydrogen (secondary N) is 1. The number of ether oxygens (including phenoxy) is 2. The number of rotatable bonds is 3. The molecule has 0 radical (unpaired) electrons. The van der Waals surface area contributed by atoms with Gasteiger partial charge in [-0.1, -0.05) is 18.0 Å². The van der Waals surface area contributed by atoms with Gasteiger partial charge in [0.15, 0.2) is 17.9 Å². The maximum Gasteiger partial charge on any atom is 0.207 e. The van der Waals surface area contributed by atoms with Gasteiger partial charge in [-0.05, 0) is 18.9 Å². The van der Waals surface area contributed by atoms with Gasteiger partial charge in [-0.25, -0.2) is 4.39 Å². The van der Waals surface area contributed by atoms with E-state index in [1.54, 1.807) is 0 Å². The zero-order valence-electron chi connectivity index (χ0n) is 12.9. The summed E-state index contributed by atoms with van der Waals surface area (Å²) in [6, 6.07) is 1.24. The highest BCUT2D eigenvalue weighted by atomic mass is 19.2. The molecule has 2 atom stereocenters. The van der Waals surface area contributed by atoms with Crippen molar-refractivity contribution in [2.75, 3.05) is 18.5 Å². The lowest BCUT2D eigenvalue weighted by molar-refractivity contribution is -0.0467. The van der Waals surface area contributed by atoms with E-state index in [1.807, 2.05) is 0 Å². The van der Waals surface area contributed by atoms with Gasteiger partial charge in [-0.2, -0.15) is 4.39 Å². The minimum absolute atomic E-state index is 0.0204. The SMILES string of the molecule is O[C@@H]1CCCCC1Nc1noc2c(F)c(F)c(C3OCCO3)cc12. The minimum atomic E-state index is -1.12. The van der Waals surface area contributed by atoms with Gasteiger partial charge < -0.3 is 24.4 Å². The van der Waals surface area contributed by atoms with Crippen LogP contribution in [0.1, 0.15) is 37.5 Å². The average Bonchev–Trinajstić information content (AvgIpc) is 3.23. The van der Waals surface area contributed by atoms with Gasteiger partial charge in [0.25, 0.3) is 0 Å². The van der Waals surface area contributed by atoms with E-state index in [1.165, 1.54) is 6.07 Å². The van der Waals surface area contributed by atoms with Gasteiger partial charge in [0.1, 0.15) is 0 Å². The molecular formula is C16H18F2N2O4. The van der Waals surface area contributed by atoms with E-state index >= 15 is 0 Å². The Kier molecular flexibility index (Phi) is 4.11. The summed E-state index contributed by atoms with van der Waals surface area (Å²) in [7, 11) is 0. The largest absolute Gasteiger partial charge is 0.391 e. The van der Waals surface area contributed by atoms with Crippen LogP contribution in [0.2, 0.25) is 0 Å². The lowest BCUT2D eigenvalue weighted by atomic mass is 9.92. The summed E-state index contributed by atoms with van der Waals surface area (Å²) in [5, 5.41) is 17.3. The van der Waals surface area contributed by atoms with Crippen LogP contribution in [0.3, 0.4) is 0 Å². The van der Waals surface area contributed by atoms with Crippen LogP contribution in [0.25, 0.3) is 11.0 Å². The van der Waals surface area contributed by atoms with Crippen molar-refractivity contribution < 1.29 is 27.9 Å². The average molecular weight is 340 g/mol. The summed E-state index contributed by atoms with van der Waals surface area (Å²) in [5.74, 6) is -1.89. The molecule has 2 N–H and O–H groups in total. The first-order chi connectivity index (χ1) is 11.6. The van der Waals surface area contributed by atoms with Crippen molar-refractivity contribution in [3.63, 3.8) is 0 Å². The van der Waals surface area contributed by atoms with Crippen molar-refractivity contribution in [1.82, 2.24) is 5.16 Å². The number of nitrogens with zero attached hydrogens (tertiary/aromatic N) is 1. The van der Waals surface area contributed by atoms with Crippen LogP contribution in [0.4, 0.5) is 14.6 Å². The molecule has 2 fully saturated rings. The van der Waals surface area contributed by atoms with Crippen molar-refractivity contribution in [3.05, 3.63) is 23.3 Å². The summed E-state index contributed by atoms with van der Waals surface area (Å²) in [4.78, 5) is 0. The van der Waals surface area contributed by atoms with E-state index in [0.717, 1.165) is 19.3 Å². The summed E-state index contributed by atoms with van der Waals surface area (Å²) < 4.78 is 44.0. The number of aliphatic hydroxyl groups is 1. The van der Waals surface area contributed by atoms with E-state index in [2.05, 4.69) is 10.5 Å². The molecule has 24 heavy (non-hydrogen) atoms. The molecule has 1 aliphatic heterocycles. The van der Waals surface area contributed by atoms with Crippen molar-refractivity contribution in [2.45, 2.75) is 44.1 Å². The molecule has 1 saturated carbocycles. The fraction of sp³-hybridized carbons (Fsp3) is 0.562. The Morgan fingerprint density at radius 1 is 1.12 bits per heavy atom. The summed E-state index contributed by atoms with van der Waals surface area (Å²) in [5.41, 5.74) is -0.282. The van der Waals surface area contributed by atoms with Crippen LogP contribution in [-0.4, -0.2) is 35.6 Å². The lowest BCUT2D eigenvalue weighted by Gasteiger charge is -2.28. The van der Waals surface area contributed by atoms with E-state index in [9.17, 15) is 13.9 Å². The first kappa shape index (κ1) is 15.7. The normalized spacial score (nSPS) is 25.5. The molecule has 8 heteroatoms. The van der Waals surface area contributed by atoms with Gasteiger partial charge in [-0.3, -0.25) is 0 Å². The zero-order valence-corrected chi connectivity index (χ0v) is 12.9. The Bertz CT molecular complexity index is 745. The number of hydrogen-bond donors (Lipinski definition) is 2. The van der Waals surface area contributed by atoms with Crippen LogP contribution in [0, 0.1) is 11.6 Å². The molecule has 1 aliphatic carbocycles. The van der Waals surface area contributed by atoms with Crippen LogP contribution in [-0.2, 0) is 9.47 Å². The van der Waals surface area contributed by atoms with E-state index in [0.29, 0.717) is 25.0 Å². The third kappa shape index (κ3) is 2.64. The van der Waals surface area contributed by atoms with Gasteiger partial charge in [0, 0.05) is 5.56 Å². The number of aliphatic hydroxyl groups excluding tert-OH is 1. The molecule has 130 valence electrons. The molecule has 1 saturated heterocycles. The second-order valence-electron chi connectivity index (χ2n) is 6.18. The maximum absolute atomic E-state index is 14.3. The fourth-order valence-corrected chi connectivity index (χ4v) is 3.30. The van der Waals surface area contributed by atoms with Gasteiger partial charge >= 0.3 is 0 Å². The van der Waals surface area contributed by atoms with Gasteiger partial charge in [0.05, 0.1) is 30.7 Å². The molecule has 1 aromatic heterocycles. The molecule has 4 rings (SSSR count). The predicted octanol–water partition coefficient (Wildman–Crippen LogP) is 2.87. The highest BCUT2D eigenvalue weighted by Gasteiger charge is 2.30. The van der Waals surface area contributed by atoms with Crippen molar-refractivity contribution in [3.8, 4) is 0 Å². The van der Waals surface area contributed by atoms with Crippen molar-refractivity contribution in [1.29, 1.82) is 0 Å². The Hall–Kier alpha value is -1.77. The molecule has 2 heterocycles. The zero-order chi connectivity index (χ0) is 16.7. The molecule has 0 bridgehead atoms. The molecule has 1 aromatic carbocycles. The number of benzene rings is 1. The third-order valence-electron chi connectivity index (χ3n) is 4.60. The third-order valence-corrected chi connectivity index (χ3v) is 4.60.